The summed E-state index contributed by atoms with van der Waals surface area (Å²) in [6, 6.07) is 35.3. The molecule has 2 aliphatic carbocycles. The average molecular weight is 1400 g/mol. The van der Waals surface area contributed by atoms with Gasteiger partial charge in [-0.3, -0.25) is 9.59 Å². The Kier molecular flexibility index (Phi) is 24.0. The predicted molar refractivity (Wildman–Crippen MR) is 389 cm³/mol. The number of thiophene rings is 2. The number of aliphatic hydroxyl groups is 1. The summed E-state index contributed by atoms with van der Waals surface area (Å²) in [6.45, 7) is 37.3. The summed E-state index contributed by atoms with van der Waals surface area (Å²) in [5, 5.41) is 12.5. The van der Waals surface area contributed by atoms with E-state index in [0.717, 1.165) is 59.4 Å². The Balaban J connectivity index is 0.000000214. The maximum absolute atomic E-state index is 12.5. The second-order valence-electron chi connectivity index (χ2n) is 26.0. The Morgan fingerprint density at radius 3 is 1.40 bits per heavy atom. The Hall–Kier alpha value is -9.59. The summed E-state index contributed by atoms with van der Waals surface area (Å²) in [7, 11) is 3.94. The largest absolute Gasteiger partial charge is 0.473 e. The Morgan fingerprint density at radius 2 is 1.01 bits per heavy atom. The maximum atomic E-state index is 12.5. The van der Waals surface area contributed by atoms with Crippen molar-refractivity contribution < 1.29 is 43.2 Å². The number of amides is 1. The fraction of sp³-hybridized carbons (Fsp3) is 0.329. The highest BCUT2D eigenvalue weighted by Gasteiger charge is 2.39. The minimum absolute atomic E-state index is 0.0103. The molecule has 4 aromatic heterocycles. The van der Waals surface area contributed by atoms with Gasteiger partial charge in [0, 0.05) is 87.6 Å². The van der Waals surface area contributed by atoms with Crippen LogP contribution < -0.4 is 41.8 Å². The predicted octanol–water partition coefficient (Wildman–Crippen LogP) is 14.5. The average Bonchev–Trinajstić information content (AvgIpc) is 1.58. The smallest absolute Gasteiger partial charge is 0.407 e. The van der Waals surface area contributed by atoms with Gasteiger partial charge in [0.1, 0.15) is 41.3 Å². The molecule has 8 N–H and O–H groups in total. The molecule has 2 aliphatic rings. The SMILES string of the molecule is NCc1ccc(COc2cc(Cl)nc(N)n2)cc1.[C-]#[N+]/C(=C\c1cc2c(s1)-c1ccc(N(C)CCO)cc1C2(C)C)C(=O)OC(C)(C)C.[C-]#[N+]/C(=C\c1cc2c(s1)-c1ccc(N(C)CCOC(=O)NCc3ccc(COc4cc(Cl)nc(N)n4)cc3)cc1C2(C)C)C(=O)OC(C)(C)C. The number of alkyl carbamates (subject to hydrolysis) is 1. The number of hydrogen-bond acceptors (Lipinski definition) is 20. The number of nitrogens with one attached hydrogen (secondary N) is 1. The molecule has 1 amide bonds. The van der Waals surface area contributed by atoms with E-state index in [1.165, 1.54) is 39.3 Å². The zero-order valence-corrected chi connectivity index (χ0v) is 59.9. The van der Waals surface area contributed by atoms with Crippen LogP contribution in [0.2, 0.25) is 10.3 Å². The van der Waals surface area contributed by atoms with Crippen molar-refractivity contribution in [3.8, 4) is 32.6 Å². The van der Waals surface area contributed by atoms with E-state index < -0.39 is 29.2 Å². The number of halogens is 2. The van der Waals surface area contributed by atoms with Gasteiger partial charge in [0.25, 0.3) is 11.4 Å². The van der Waals surface area contributed by atoms with Gasteiger partial charge in [0.15, 0.2) is 0 Å². The number of rotatable bonds is 20. The molecule has 512 valence electrons. The summed E-state index contributed by atoms with van der Waals surface area (Å²) in [4.78, 5) is 67.7. The fourth-order valence-electron chi connectivity index (χ4n) is 10.5. The van der Waals surface area contributed by atoms with E-state index in [0.29, 0.717) is 38.7 Å². The van der Waals surface area contributed by atoms with E-state index in [-0.39, 0.29) is 70.1 Å². The molecule has 0 atom stereocenters. The molecule has 0 fully saturated rings. The van der Waals surface area contributed by atoms with Crippen molar-refractivity contribution in [1.29, 1.82) is 0 Å². The van der Waals surface area contributed by atoms with E-state index in [1.54, 1.807) is 76.4 Å². The van der Waals surface area contributed by atoms with Crippen LogP contribution in [0, 0.1) is 13.1 Å². The number of likely N-dealkylation sites (N-methyl/N-ethyl adjacent to an activating group) is 2. The monoisotopic (exact) mass is 1400 g/mol. The van der Waals surface area contributed by atoms with E-state index >= 15 is 0 Å². The number of anilines is 4. The van der Waals surface area contributed by atoms with Crippen molar-refractivity contribution in [2.75, 3.05) is 61.7 Å². The summed E-state index contributed by atoms with van der Waals surface area (Å²) in [5.41, 5.74) is 27.8. The minimum atomic E-state index is -0.679. The Labute approximate surface area is 589 Å². The van der Waals surface area contributed by atoms with Crippen LogP contribution in [0.5, 0.6) is 11.8 Å². The van der Waals surface area contributed by atoms with Crippen molar-refractivity contribution in [2.24, 2.45) is 5.73 Å². The van der Waals surface area contributed by atoms with Gasteiger partial charge in [0.05, 0.1) is 26.3 Å². The van der Waals surface area contributed by atoms with Crippen molar-refractivity contribution in [3.05, 3.63) is 208 Å². The molecule has 10 rings (SSSR count). The summed E-state index contributed by atoms with van der Waals surface area (Å²) in [6.07, 6.45) is 2.74. The lowest BCUT2D eigenvalue weighted by Crippen LogP contribution is -2.29. The fourth-order valence-corrected chi connectivity index (χ4v) is 13.4. The zero-order valence-electron chi connectivity index (χ0n) is 56.8. The number of fused-ring (bicyclic) bond motifs is 6. The third kappa shape index (κ3) is 19.4. The molecule has 4 aromatic carbocycles. The van der Waals surface area contributed by atoms with Crippen molar-refractivity contribution in [1.82, 2.24) is 25.3 Å². The molecule has 4 heterocycles. The van der Waals surface area contributed by atoms with Crippen LogP contribution in [-0.2, 0) is 60.9 Å². The van der Waals surface area contributed by atoms with Gasteiger partial charge in [-0.25, -0.2) is 24.5 Å². The molecule has 21 nitrogen and oxygen atoms in total. The lowest BCUT2D eigenvalue weighted by molar-refractivity contribution is -0.150. The number of aromatic nitrogens is 4. The first kappa shape index (κ1) is 74.2. The molecule has 0 radical (unpaired) electrons. The van der Waals surface area contributed by atoms with Crippen molar-refractivity contribution >= 4 is 99.3 Å². The summed E-state index contributed by atoms with van der Waals surface area (Å²) in [5.74, 6) is -0.439. The number of benzene rings is 4. The molecule has 0 aliphatic heterocycles. The first-order valence-electron chi connectivity index (χ1n) is 31.2. The van der Waals surface area contributed by atoms with Gasteiger partial charge in [0.2, 0.25) is 23.7 Å². The lowest BCUT2D eigenvalue weighted by atomic mass is 9.82. The first-order valence-corrected chi connectivity index (χ1v) is 33.6. The molecule has 0 saturated heterocycles. The lowest BCUT2D eigenvalue weighted by Gasteiger charge is -2.24. The number of ether oxygens (including phenoxy) is 5. The van der Waals surface area contributed by atoms with E-state index in [1.807, 2.05) is 67.5 Å². The van der Waals surface area contributed by atoms with Gasteiger partial charge in [-0.2, -0.15) is 9.97 Å². The molecule has 98 heavy (non-hydrogen) atoms. The summed E-state index contributed by atoms with van der Waals surface area (Å²) >= 11 is 14.8. The first-order chi connectivity index (χ1) is 46.3. The van der Waals surface area contributed by atoms with Gasteiger partial charge < -0.3 is 61.1 Å². The number of carbonyl (C=O) groups is 3. The minimum Gasteiger partial charge on any atom is -0.473 e. The van der Waals surface area contributed by atoms with Gasteiger partial charge in [-0.05, 0) is 146 Å². The van der Waals surface area contributed by atoms with Crippen molar-refractivity contribution in [2.45, 2.75) is 118 Å². The molecule has 8 aromatic rings. The topological polar surface area (TPSA) is 274 Å². The third-order valence-electron chi connectivity index (χ3n) is 15.6. The number of nitrogen functional groups attached to an aromatic ring is 2. The number of nitrogens with zero attached hydrogens (tertiary/aromatic N) is 8. The maximum Gasteiger partial charge on any atom is 0.407 e. The van der Waals surface area contributed by atoms with Gasteiger partial charge in [-0.1, -0.05) is 112 Å². The van der Waals surface area contributed by atoms with Crippen LogP contribution in [-0.4, -0.2) is 94.7 Å². The molecule has 25 heteroatoms. The van der Waals surface area contributed by atoms with Crippen LogP contribution in [0.4, 0.5) is 28.1 Å². The summed E-state index contributed by atoms with van der Waals surface area (Å²) < 4.78 is 27.3. The molecular formula is C73H80Cl2N12O9S2. The number of hydrogen-bond donors (Lipinski definition) is 5. The second-order valence-corrected chi connectivity index (χ2v) is 29.0. The van der Waals surface area contributed by atoms with Crippen LogP contribution in [0.25, 0.3) is 42.7 Å². The Morgan fingerprint density at radius 1 is 0.602 bits per heavy atom. The zero-order chi connectivity index (χ0) is 71.4. The number of nitrogens with two attached hydrogens (primary N) is 3. The normalized spacial score (nSPS) is 13.1. The number of aliphatic hydroxyl groups excluding tert-OH is 1. The van der Waals surface area contributed by atoms with Gasteiger partial charge in [-0.15, -0.1) is 22.7 Å². The third-order valence-corrected chi connectivity index (χ3v) is 18.2. The molecule has 0 unspecified atom stereocenters. The van der Waals surface area contributed by atoms with Crippen LogP contribution in [0.1, 0.15) is 123 Å². The number of esters is 2. The Bertz CT molecular complexity index is 4330. The standard InChI is InChI=1S/C37H39ClN6O5S.C24H28N2O3S.C12H13ClN4O/c1-36(2,3)49-33(45)29(40-6)18-25-17-28-32(50-25)26-13-12-24(16-27(26)37(28,4)5)44(7)14-15-47-35(46)41-20-22-8-10-23(11-9-22)21-48-31-19-30(38)42-34(39)43-31;1-23(2,3)29-22(28)20(25-6)14-16-13-19-21(30-16)17-9-8-15(26(7)10-11-27)12-18(17)24(19,4)5;13-10-5-11(17-12(15)16-10)18-7-9-3-1-8(6-14)2-4-9/h8-13,16-19H,14-15,20-21H2,1-5,7H3,(H,41,46)(H2,39,42,43);8-9,12-14,27H,10-11H2,1-5,7H3;1-5H,6-7,14H2,(H2,15,16,17)/b29-18-;20-14-;. The van der Waals surface area contributed by atoms with Crippen LogP contribution in [0.3, 0.4) is 0 Å². The van der Waals surface area contributed by atoms with E-state index in [9.17, 15) is 19.5 Å². The van der Waals surface area contributed by atoms with Crippen LogP contribution >= 0.6 is 45.9 Å². The number of carbonyl (C=O) groups excluding carboxylic acids is 3. The highest BCUT2D eigenvalue weighted by atomic mass is 35.5. The highest BCUT2D eigenvalue weighted by Crippen LogP contribution is 2.55. The molecular weight excluding hydrogens is 1320 g/mol. The van der Waals surface area contributed by atoms with Crippen LogP contribution in [0.15, 0.2) is 121 Å². The second kappa shape index (κ2) is 31.7. The molecule has 0 bridgehead atoms. The van der Waals surface area contributed by atoms with E-state index in [4.69, 9.17) is 77.2 Å². The molecule has 0 spiro atoms. The van der Waals surface area contributed by atoms with E-state index in [2.05, 4.69) is 116 Å². The highest BCUT2D eigenvalue weighted by molar-refractivity contribution is 7.17. The quantitative estimate of drug-likeness (QED) is 0.0156. The van der Waals surface area contributed by atoms with Crippen molar-refractivity contribution in [3.63, 3.8) is 0 Å². The molecule has 0 saturated carbocycles. The van der Waals surface area contributed by atoms with Gasteiger partial charge >= 0.3 is 18.0 Å².